The second kappa shape index (κ2) is 8.30. The van der Waals surface area contributed by atoms with Crippen molar-refractivity contribution in [1.29, 1.82) is 0 Å². The predicted molar refractivity (Wildman–Crippen MR) is 88.5 cm³/mol. The van der Waals surface area contributed by atoms with Crippen LogP contribution in [0.15, 0.2) is 17.0 Å². The van der Waals surface area contributed by atoms with Crippen LogP contribution >= 0.6 is 0 Å². The molecule has 0 bridgehead atoms. The number of benzene rings is 1. The molecule has 0 fully saturated rings. The third kappa shape index (κ3) is 5.43. The third-order valence-electron chi connectivity index (χ3n) is 2.80. The highest BCUT2D eigenvalue weighted by molar-refractivity contribution is 7.86. The summed E-state index contributed by atoms with van der Waals surface area (Å²) in [6, 6.07) is 2.05. The zero-order chi connectivity index (χ0) is 19.4. The van der Waals surface area contributed by atoms with E-state index in [1.165, 1.54) is 0 Å². The lowest BCUT2D eigenvalue weighted by molar-refractivity contribution is 0.0364. The van der Waals surface area contributed by atoms with Crippen molar-refractivity contribution in [3.63, 3.8) is 0 Å². The third-order valence-corrected chi connectivity index (χ3v) is 3.69. The highest BCUT2D eigenvalue weighted by atomic mass is 32.2. The zero-order valence-corrected chi connectivity index (χ0v) is 15.5. The van der Waals surface area contributed by atoms with Crippen molar-refractivity contribution >= 4 is 22.1 Å². The molecule has 1 N–H and O–H groups in total. The predicted octanol–water partition coefficient (Wildman–Crippen LogP) is 2.46. The summed E-state index contributed by atoms with van der Waals surface area (Å²) in [6.45, 7) is 8.05. The maximum absolute atomic E-state index is 12.4. The molecule has 0 atom stereocenters. The van der Waals surface area contributed by atoms with E-state index in [1.54, 1.807) is 34.6 Å². The Labute approximate surface area is 146 Å². The summed E-state index contributed by atoms with van der Waals surface area (Å²) in [5.41, 5.74) is -0.685. The van der Waals surface area contributed by atoms with E-state index in [0.717, 1.165) is 12.1 Å². The fourth-order valence-electron chi connectivity index (χ4n) is 1.98. The van der Waals surface area contributed by atoms with Gasteiger partial charge in [0.1, 0.15) is 21.8 Å². The molecule has 0 aromatic heterocycles. The summed E-state index contributed by atoms with van der Waals surface area (Å²) in [5, 5.41) is 0. The monoisotopic (exact) mass is 374 g/mol. The molecule has 0 unspecified atom stereocenters. The molecule has 0 aliphatic heterocycles. The second-order valence-corrected chi connectivity index (χ2v) is 7.02. The van der Waals surface area contributed by atoms with Gasteiger partial charge in [0.2, 0.25) is 0 Å². The molecule has 1 aromatic carbocycles. The Bertz CT molecular complexity index is 750. The van der Waals surface area contributed by atoms with Crippen LogP contribution < -0.4 is 4.74 Å². The van der Waals surface area contributed by atoms with Gasteiger partial charge in [-0.2, -0.15) is 8.42 Å². The molecule has 0 aliphatic carbocycles. The maximum atomic E-state index is 12.4. The van der Waals surface area contributed by atoms with Gasteiger partial charge in [-0.25, -0.2) is 9.59 Å². The van der Waals surface area contributed by atoms with Crippen LogP contribution in [0.5, 0.6) is 5.75 Å². The van der Waals surface area contributed by atoms with Crippen molar-refractivity contribution in [1.82, 2.24) is 0 Å². The molecule has 0 saturated carbocycles. The van der Waals surface area contributed by atoms with E-state index in [0.29, 0.717) is 0 Å². The van der Waals surface area contributed by atoms with Crippen molar-refractivity contribution in [3.05, 3.63) is 23.3 Å². The molecule has 0 radical (unpaired) electrons. The molecule has 140 valence electrons. The average molecular weight is 374 g/mol. The molecule has 1 rings (SSSR count). The molecule has 0 amide bonds. The Kier molecular flexibility index (Phi) is 6.95. The summed E-state index contributed by atoms with van der Waals surface area (Å²) in [7, 11) is -4.75. The lowest BCUT2D eigenvalue weighted by Gasteiger charge is -2.18. The van der Waals surface area contributed by atoms with Crippen LogP contribution in [0.3, 0.4) is 0 Å². The Morgan fingerprint density at radius 2 is 1.56 bits per heavy atom. The summed E-state index contributed by atoms with van der Waals surface area (Å²) >= 11 is 0. The van der Waals surface area contributed by atoms with Crippen LogP contribution in [0.25, 0.3) is 0 Å². The molecule has 8 nitrogen and oxygen atoms in total. The quantitative estimate of drug-likeness (QED) is 0.571. The first kappa shape index (κ1) is 20.9. The van der Waals surface area contributed by atoms with Crippen molar-refractivity contribution in [3.8, 4) is 5.75 Å². The van der Waals surface area contributed by atoms with Gasteiger partial charge in [0.15, 0.2) is 0 Å². The fourth-order valence-corrected chi connectivity index (χ4v) is 2.65. The maximum Gasteiger partial charge on any atom is 0.343 e. The summed E-state index contributed by atoms with van der Waals surface area (Å²) in [6.07, 6.45) is -0.989. The van der Waals surface area contributed by atoms with Gasteiger partial charge < -0.3 is 14.2 Å². The number of hydrogen-bond acceptors (Lipinski definition) is 7. The number of rotatable bonds is 7. The van der Waals surface area contributed by atoms with Crippen LogP contribution in [-0.4, -0.2) is 43.7 Å². The van der Waals surface area contributed by atoms with E-state index in [2.05, 4.69) is 0 Å². The molecule has 1 aromatic rings. The highest BCUT2D eigenvalue weighted by Crippen LogP contribution is 2.32. The van der Waals surface area contributed by atoms with E-state index >= 15 is 0 Å². The SMILES string of the molecule is CCOc1c(C(=O)OC(C)C)ccc(S(=O)(=O)O)c1C(=O)OC(C)C. The Morgan fingerprint density at radius 3 is 2.00 bits per heavy atom. The smallest absolute Gasteiger partial charge is 0.343 e. The normalized spacial score (nSPS) is 11.5. The first-order valence-electron chi connectivity index (χ1n) is 7.68. The van der Waals surface area contributed by atoms with E-state index in [4.69, 9.17) is 14.2 Å². The Hall–Kier alpha value is -2.13. The molecule has 0 aliphatic rings. The zero-order valence-electron chi connectivity index (χ0n) is 14.7. The number of hydrogen-bond donors (Lipinski definition) is 1. The van der Waals surface area contributed by atoms with Crippen LogP contribution in [0.2, 0.25) is 0 Å². The average Bonchev–Trinajstić information content (AvgIpc) is 2.44. The van der Waals surface area contributed by atoms with Gasteiger partial charge in [-0.15, -0.1) is 0 Å². The minimum Gasteiger partial charge on any atom is -0.492 e. The highest BCUT2D eigenvalue weighted by Gasteiger charge is 2.31. The molecule has 0 spiro atoms. The van der Waals surface area contributed by atoms with Gasteiger partial charge in [-0.1, -0.05) is 0 Å². The Morgan fingerprint density at radius 1 is 1.04 bits per heavy atom. The van der Waals surface area contributed by atoms with Crippen LogP contribution in [0, 0.1) is 0 Å². The van der Waals surface area contributed by atoms with Crippen LogP contribution in [0.1, 0.15) is 55.3 Å². The van der Waals surface area contributed by atoms with Gasteiger partial charge >= 0.3 is 11.9 Å². The van der Waals surface area contributed by atoms with Crippen LogP contribution in [0.4, 0.5) is 0 Å². The number of carbonyl (C=O) groups excluding carboxylic acids is 2. The molecule has 9 heteroatoms. The molecule has 0 saturated heterocycles. The standard InChI is InChI=1S/C16H22O8S/c1-6-22-14-11(15(17)23-9(2)3)7-8-12(25(19,20)21)13(14)16(18)24-10(4)5/h7-10H,6H2,1-5H3,(H,19,20,21). The van der Waals surface area contributed by atoms with E-state index in [9.17, 15) is 22.6 Å². The van der Waals surface area contributed by atoms with E-state index in [-0.39, 0.29) is 17.9 Å². The molecular weight excluding hydrogens is 352 g/mol. The van der Waals surface area contributed by atoms with E-state index in [1.807, 2.05) is 0 Å². The van der Waals surface area contributed by atoms with Crippen molar-refractivity contribution in [2.75, 3.05) is 6.61 Å². The van der Waals surface area contributed by atoms with Crippen LogP contribution in [-0.2, 0) is 19.6 Å². The lowest BCUT2D eigenvalue weighted by Crippen LogP contribution is -2.20. The number of ether oxygens (including phenoxy) is 3. The van der Waals surface area contributed by atoms with Gasteiger partial charge in [0, 0.05) is 0 Å². The first-order valence-corrected chi connectivity index (χ1v) is 9.12. The lowest BCUT2D eigenvalue weighted by atomic mass is 10.1. The topological polar surface area (TPSA) is 116 Å². The van der Waals surface area contributed by atoms with Crippen molar-refractivity contribution in [2.24, 2.45) is 0 Å². The van der Waals surface area contributed by atoms with Crippen molar-refractivity contribution in [2.45, 2.75) is 51.7 Å². The molecule has 25 heavy (non-hydrogen) atoms. The van der Waals surface area contributed by atoms with Crippen molar-refractivity contribution < 1.29 is 36.8 Å². The Balaban J connectivity index is 3.69. The van der Waals surface area contributed by atoms with Gasteiger partial charge in [0.05, 0.1) is 18.8 Å². The second-order valence-electron chi connectivity index (χ2n) is 5.63. The first-order chi connectivity index (χ1) is 11.5. The van der Waals surface area contributed by atoms with E-state index < -0.39 is 44.7 Å². The van der Waals surface area contributed by atoms with Gasteiger partial charge in [-0.05, 0) is 46.8 Å². The van der Waals surface area contributed by atoms with Gasteiger partial charge in [-0.3, -0.25) is 4.55 Å². The number of carbonyl (C=O) groups is 2. The number of esters is 2. The minimum atomic E-state index is -4.75. The van der Waals surface area contributed by atoms with Gasteiger partial charge in [0.25, 0.3) is 10.1 Å². The summed E-state index contributed by atoms with van der Waals surface area (Å²) in [5.74, 6) is -2.14. The largest absolute Gasteiger partial charge is 0.492 e. The summed E-state index contributed by atoms with van der Waals surface area (Å²) in [4.78, 5) is 23.9. The molecule has 0 heterocycles. The summed E-state index contributed by atoms with van der Waals surface area (Å²) < 4.78 is 48.1. The fraction of sp³-hybridized carbons (Fsp3) is 0.500. The minimum absolute atomic E-state index is 0.0405. The molecular formula is C16H22O8S.